The van der Waals surface area contributed by atoms with Crippen LogP contribution < -0.4 is 0 Å². The summed E-state index contributed by atoms with van der Waals surface area (Å²) in [6.07, 6.45) is 17.4. The Morgan fingerprint density at radius 1 is 0.727 bits per heavy atom. The fraction of sp³-hybridized carbons (Fsp3) is 0.833. The maximum absolute atomic E-state index is 10.3. The van der Waals surface area contributed by atoms with Crippen molar-refractivity contribution in [3.8, 4) is 0 Å². The van der Waals surface area contributed by atoms with Crippen LogP contribution in [0.15, 0.2) is 12.2 Å². The zero-order valence-electron chi connectivity index (χ0n) is 13.9. The summed E-state index contributed by atoms with van der Waals surface area (Å²) in [5.74, 6) is -0.686. The molecule has 0 aromatic carbocycles. The molecule has 0 atom stereocenters. The number of carboxylic acid groups (broad SMARTS) is 1. The van der Waals surface area contributed by atoms with Crippen LogP contribution in [0.3, 0.4) is 0 Å². The van der Waals surface area contributed by atoms with Gasteiger partial charge in [-0.1, -0.05) is 50.7 Å². The molecule has 0 radical (unpaired) electrons. The predicted molar refractivity (Wildman–Crippen MR) is 89.6 cm³/mol. The molecule has 0 bridgehead atoms. The maximum atomic E-state index is 10.3. The number of unbranched alkanes of at least 4 members (excludes halogenated alkanes) is 10. The molecule has 22 heavy (non-hydrogen) atoms. The lowest BCUT2D eigenvalue weighted by Crippen LogP contribution is -2.02. The zero-order chi connectivity index (χ0) is 16.5. The molecule has 4 heteroatoms. The van der Waals surface area contributed by atoms with Gasteiger partial charge in [0.15, 0.2) is 6.29 Å². The van der Waals surface area contributed by atoms with E-state index in [0.29, 0.717) is 12.8 Å². The normalized spacial score (nSPS) is 11.6. The molecule has 0 saturated heterocycles. The van der Waals surface area contributed by atoms with Crippen LogP contribution in [0.5, 0.6) is 0 Å². The van der Waals surface area contributed by atoms with Crippen molar-refractivity contribution in [2.75, 3.05) is 0 Å². The number of aliphatic carboxylic acids is 1. The van der Waals surface area contributed by atoms with E-state index in [1.165, 1.54) is 32.1 Å². The highest BCUT2D eigenvalue weighted by Gasteiger charge is 1.97. The standard InChI is InChI=1S/C18H34O4/c19-17(20)15-13-11-9-7-5-3-1-2-4-6-8-10-12-14-16-18(21)22/h1-2,17,19-20H,3-16H2,(H,21,22). The van der Waals surface area contributed by atoms with Crippen molar-refractivity contribution in [1.29, 1.82) is 0 Å². The Balaban J connectivity index is 3.10. The van der Waals surface area contributed by atoms with Crippen LogP contribution in [-0.2, 0) is 4.79 Å². The largest absolute Gasteiger partial charge is 0.481 e. The lowest BCUT2D eigenvalue weighted by Gasteiger charge is -2.02. The van der Waals surface area contributed by atoms with Gasteiger partial charge in [-0.3, -0.25) is 4.79 Å². The van der Waals surface area contributed by atoms with Gasteiger partial charge in [0.25, 0.3) is 0 Å². The van der Waals surface area contributed by atoms with Crippen LogP contribution in [0.2, 0.25) is 0 Å². The molecule has 130 valence electrons. The number of carbonyl (C=O) groups is 1. The van der Waals surface area contributed by atoms with E-state index >= 15 is 0 Å². The second-order valence-corrected chi connectivity index (χ2v) is 6.00. The lowest BCUT2D eigenvalue weighted by molar-refractivity contribution is -0.137. The molecule has 3 N–H and O–H groups in total. The monoisotopic (exact) mass is 314 g/mol. The van der Waals surface area contributed by atoms with Gasteiger partial charge in [-0.2, -0.15) is 0 Å². The number of rotatable bonds is 16. The molecule has 0 fully saturated rings. The second kappa shape index (κ2) is 16.5. The minimum atomic E-state index is -1.14. The van der Waals surface area contributed by atoms with Gasteiger partial charge >= 0.3 is 5.97 Å². The molecular weight excluding hydrogens is 280 g/mol. The first kappa shape index (κ1) is 21.1. The molecule has 0 aliphatic heterocycles. The number of hydrogen-bond acceptors (Lipinski definition) is 3. The van der Waals surface area contributed by atoms with E-state index in [2.05, 4.69) is 12.2 Å². The number of aliphatic hydroxyl groups excluding tert-OH is 1. The third-order valence-electron chi connectivity index (χ3n) is 3.76. The van der Waals surface area contributed by atoms with E-state index in [1.807, 2.05) is 0 Å². The van der Waals surface area contributed by atoms with Gasteiger partial charge in [-0.15, -0.1) is 0 Å². The molecule has 0 aliphatic rings. The molecule has 0 aliphatic carbocycles. The Labute approximate surface area is 135 Å². The van der Waals surface area contributed by atoms with Crippen molar-refractivity contribution in [3.05, 3.63) is 12.2 Å². The van der Waals surface area contributed by atoms with Crippen LogP contribution in [0.4, 0.5) is 0 Å². The Bertz CT molecular complexity index is 274. The van der Waals surface area contributed by atoms with Crippen molar-refractivity contribution < 1.29 is 20.1 Å². The molecule has 0 rings (SSSR count). The summed E-state index contributed by atoms with van der Waals surface area (Å²) in [7, 11) is 0. The smallest absolute Gasteiger partial charge is 0.303 e. The number of allylic oxidation sites excluding steroid dienone is 2. The minimum Gasteiger partial charge on any atom is -0.481 e. The lowest BCUT2D eigenvalue weighted by atomic mass is 10.1. The Hall–Kier alpha value is -0.870. The van der Waals surface area contributed by atoms with Crippen molar-refractivity contribution in [2.24, 2.45) is 0 Å². The van der Waals surface area contributed by atoms with Gasteiger partial charge in [0, 0.05) is 6.42 Å². The molecule has 0 saturated carbocycles. The SMILES string of the molecule is O=C(O)CCCCCCCC=CCCCCCCCC(O)O. The third-order valence-corrected chi connectivity index (χ3v) is 3.76. The summed E-state index contributed by atoms with van der Waals surface area (Å²) >= 11 is 0. The van der Waals surface area contributed by atoms with Gasteiger partial charge in [0.1, 0.15) is 0 Å². The molecule has 0 spiro atoms. The van der Waals surface area contributed by atoms with Gasteiger partial charge in [0.05, 0.1) is 0 Å². The van der Waals surface area contributed by atoms with Crippen LogP contribution in [-0.4, -0.2) is 27.6 Å². The van der Waals surface area contributed by atoms with Crippen LogP contribution in [0.25, 0.3) is 0 Å². The van der Waals surface area contributed by atoms with E-state index < -0.39 is 12.3 Å². The topological polar surface area (TPSA) is 77.8 Å². The highest BCUT2D eigenvalue weighted by molar-refractivity contribution is 5.66. The van der Waals surface area contributed by atoms with Gasteiger partial charge in [-0.25, -0.2) is 0 Å². The summed E-state index contributed by atoms with van der Waals surface area (Å²) in [6, 6.07) is 0. The van der Waals surface area contributed by atoms with Crippen molar-refractivity contribution in [2.45, 2.75) is 96.2 Å². The maximum Gasteiger partial charge on any atom is 0.303 e. The van der Waals surface area contributed by atoms with Crippen molar-refractivity contribution in [3.63, 3.8) is 0 Å². The molecular formula is C18H34O4. The first-order valence-corrected chi connectivity index (χ1v) is 8.86. The first-order chi connectivity index (χ1) is 10.6. The molecule has 0 unspecified atom stereocenters. The molecule has 0 aromatic heterocycles. The van der Waals surface area contributed by atoms with Gasteiger partial charge in [-0.05, 0) is 44.9 Å². The summed E-state index contributed by atoms with van der Waals surface area (Å²) in [6.45, 7) is 0. The van der Waals surface area contributed by atoms with Gasteiger partial charge in [0.2, 0.25) is 0 Å². The second-order valence-electron chi connectivity index (χ2n) is 6.00. The van der Waals surface area contributed by atoms with Crippen molar-refractivity contribution in [1.82, 2.24) is 0 Å². The first-order valence-electron chi connectivity index (χ1n) is 8.86. The molecule has 4 nitrogen and oxygen atoms in total. The quantitative estimate of drug-likeness (QED) is 0.224. The van der Waals surface area contributed by atoms with E-state index in [9.17, 15) is 4.79 Å². The summed E-state index contributed by atoms with van der Waals surface area (Å²) < 4.78 is 0. The number of carboxylic acids is 1. The highest BCUT2D eigenvalue weighted by atomic mass is 16.5. The Kier molecular flexibility index (Phi) is 15.8. The molecule has 0 amide bonds. The van der Waals surface area contributed by atoms with E-state index in [1.54, 1.807) is 0 Å². The van der Waals surface area contributed by atoms with E-state index in [-0.39, 0.29) is 0 Å². The van der Waals surface area contributed by atoms with E-state index in [4.69, 9.17) is 15.3 Å². The summed E-state index contributed by atoms with van der Waals surface area (Å²) in [5.41, 5.74) is 0. The zero-order valence-corrected chi connectivity index (χ0v) is 13.9. The minimum absolute atomic E-state index is 0.306. The van der Waals surface area contributed by atoms with Gasteiger partial charge < -0.3 is 15.3 Å². The van der Waals surface area contributed by atoms with Crippen LogP contribution in [0.1, 0.15) is 89.9 Å². The number of aliphatic hydroxyl groups is 2. The van der Waals surface area contributed by atoms with Crippen LogP contribution >= 0.6 is 0 Å². The number of hydrogen-bond donors (Lipinski definition) is 3. The highest BCUT2D eigenvalue weighted by Crippen LogP contribution is 2.10. The van der Waals surface area contributed by atoms with Crippen molar-refractivity contribution >= 4 is 5.97 Å². The van der Waals surface area contributed by atoms with E-state index in [0.717, 1.165) is 44.9 Å². The third kappa shape index (κ3) is 19.1. The fourth-order valence-corrected chi connectivity index (χ4v) is 2.42. The molecule has 0 aromatic rings. The summed E-state index contributed by atoms with van der Waals surface area (Å²) in [5, 5.41) is 25.9. The molecule has 0 heterocycles. The Morgan fingerprint density at radius 2 is 1.18 bits per heavy atom. The Morgan fingerprint density at radius 3 is 1.68 bits per heavy atom. The van der Waals surface area contributed by atoms with Crippen LogP contribution in [0, 0.1) is 0 Å². The fourth-order valence-electron chi connectivity index (χ4n) is 2.42. The average molecular weight is 314 g/mol. The summed E-state index contributed by atoms with van der Waals surface area (Å²) in [4.78, 5) is 10.3. The average Bonchev–Trinajstić information content (AvgIpc) is 2.46. The predicted octanol–water partition coefficient (Wildman–Crippen LogP) is 4.40.